The van der Waals surface area contributed by atoms with Gasteiger partial charge in [0.25, 0.3) is 0 Å². The van der Waals surface area contributed by atoms with Crippen LogP contribution in [0.25, 0.3) is 0 Å². The Bertz CT molecular complexity index is 498. The SMILES string of the molecule is CCCCC(CCc1ccccc1)=C(C(=O)OC)[Si](C)(C)C. The van der Waals surface area contributed by atoms with Gasteiger partial charge in [-0.1, -0.05) is 68.9 Å². The molecule has 0 radical (unpaired) electrons. The number of benzene rings is 1. The van der Waals surface area contributed by atoms with Crippen molar-refractivity contribution in [1.82, 2.24) is 0 Å². The molecule has 3 heteroatoms. The zero-order chi connectivity index (χ0) is 16.6. The first-order valence-corrected chi connectivity index (χ1v) is 11.7. The van der Waals surface area contributed by atoms with Gasteiger partial charge in [0.1, 0.15) is 0 Å². The average Bonchev–Trinajstić information content (AvgIpc) is 2.49. The molecule has 0 saturated carbocycles. The quantitative estimate of drug-likeness (QED) is 0.376. The van der Waals surface area contributed by atoms with E-state index in [0.29, 0.717) is 0 Å². The molecule has 0 aromatic heterocycles. The van der Waals surface area contributed by atoms with Gasteiger partial charge >= 0.3 is 5.97 Å². The number of carbonyl (C=O) groups is 1. The molecule has 0 unspecified atom stereocenters. The van der Waals surface area contributed by atoms with E-state index in [1.54, 1.807) is 0 Å². The smallest absolute Gasteiger partial charge is 0.329 e. The lowest BCUT2D eigenvalue weighted by Gasteiger charge is -2.23. The van der Waals surface area contributed by atoms with Crippen molar-refractivity contribution in [3.05, 3.63) is 46.7 Å². The van der Waals surface area contributed by atoms with Crippen molar-refractivity contribution in [2.45, 2.75) is 58.7 Å². The number of esters is 1. The summed E-state index contributed by atoms with van der Waals surface area (Å²) in [7, 11) is -0.220. The topological polar surface area (TPSA) is 26.3 Å². The molecule has 122 valence electrons. The number of methoxy groups -OCH3 is 1. The number of rotatable bonds is 8. The fourth-order valence-electron chi connectivity index (χ4n) is 2.79. The van der Waals surface area contributed by atoms with Gasteiger partial charge in [0.05, 0.1) is 15.2 Å². The van der Waals surface area contributed by atoms with E-state index in [0.717, 1.165) is 37.3 Å². The molecule has 0 fully saturated rings. The first kappa shape index (κ1) is 18.7. The molecular formula is C19H30O2Si. The van der Waals surface area contributed by atoms with Crippen molar-refractivity contribution < 1.29 is 9.53 Å². The number of carbonyl (C=O) groups excluding carboxylic acids is 1. The molecule has 0 aliphatic carbocycles. The summed E-state index contributed by atoms with van der Waals surface area (Å²) in [4.78, 5) is 12.3. The normalized spacial score (nSPS) is 12.8. The molecule has 22 heavy (non-hydrogen) atoms. The first-order valence-electron chi connectivity index (χ1n) is 8.24. The van der Waals surface area contributed by atoms with Crippen molar-refractivity contribution in [1.29, 1.82) is 0 Å². The molecule has 0 saturated heterocycles. The molecule has 0 N–H and O–H groups in total. The highest BCUT2D eigenvalue weighted by Gasteiger charge is 2.29. The Morgan fingerprint density at radius 2 is 1.73 bits per heavy atom. The van der Waals surface area contributed by atoms with Gasteiger partial charge in [-0.05, 0) is 31.2 Å². The van der Waals surface area contributed by atoms with Crippen molar-refractivity contribution in [3.8, 4) is 0 Å². The molecule has 0 amide bonds. The van der Waals surface area contributed by atoms with E-state index in [2.05, 4.69) is 50.8 Å². The minimum atomic E-state index is -1.72. The summed E-state index contributed by atoms with van der Waals surface area (Å²) in [6.45, 7) is 8.89. The lowest BCUT2D eigenvalue weighted by atomic mass is 10.00. The van der Waals surface area contributed by atoms with Gasteiger partial charge in [-0.15, -0.1) is 0 Å². The minimum absolute atomic E-state index is 0.113. The van der Waals surface area contributed by atoms with E-state index in [-0.39, 0.29) is 5.97 Å². The summed E-state index contributed by atoms with van der Waals surface area (Å²) in [6, 6.07) is 10.5. The molecule has 2 nitrogen and oxygen atoms in total. The molecule has 0 atom stereocenters. The maximum Gasteiger partial charge on any atom is 0.329 e. The molecule has 0 aliphatic heterocycles. The summed E-state index contributed by atoms with van der Waals surface area (Å²) in [5.74, 6) is -0.113. The fraction of sp³-hybridized carbons (Fsp3) is 0.526. The van der Waals surface area contributed by atoms with Crippen LogP contribution in [0.15, 0.2) is 41.1 Å². The third kappa shape index (κ3) is 5.80. The van der Waals surface area contributed by atoms with Gasteiger partial charge in [-0.2, -0.15) is 0 Å². The largest absolute Gasteiger partial charge is 0.466 e. The van der Waals surface area contributed by atoms with E-state index < -0.39 is 8.07 Å². The van der Waals surface area contributed by atoms with Gasteiger partial charge < -0.3 is 4.74 Å². The molecule has 0 aliphatic rings. The molecule has 1 aromatic carbocycles. The highest BCUT2D eigenvalue weighted by atomic mass is 28.3. The van der Waals surface area contributed by atoms with Gasteiger partial charge in [0.15, 0.2) is 0 Å². The number of hydrogen-bond acceptors (Lipinski definition) is 2. The van der Waals surface area contributed by atoms with Crippen LogP contribution in [0.5, 0.6) is 0 Å². The van der Waals surface area contributed by atoms with Gasteiger partial charge in [-0.25, -0.2) is 4.79 Å². The Hall–Kier alpha value is -1.35. The first-order chi connectivity index (χ1) is 10.4. The highest BCUT2D eigenvalue weighted by Crippen LogP contribution is 2.27. The minimum Gasteiger partial charge on any atom is -0.466 e. The number of unbranched alkanes of at least 4 members (excludes halogenated alkanes) is 1. The Kier molecular flexibility index (Phi) is 7.59. The molecule has 0 heterocycles. The van der Waals surface area contributed by atoms with Crippen LogP contribution in [0.2, 0.25) is 19.6 Å². The second kappa shape index (κ2) is 8.94. The number of hydrogen-bond donors (Lipinski definition) is 0. The second-order valence-electron chi connectivity index (χ2n) is 6.81. The third-order valence-electron chi connectivity index (χ3n) is 3.88. The Morgan fingerprint density at radius 1 is 1.09 bits per heavy atom. The summed E-state index contributed by atoms with van der Waals surface area (Å²) in [5.41, 5.74) is 2.65. The van der Waals surface area contributed by atoms with Crippen LogP contribution in [0.3, 0.4) is 0 Å². The molecule has 1 rings (SSSR count). The van der Waals surface area contributed by atoms with E-state index in [9.17, 15) is 4.79 Å². The van der Waals surface area contributed by atoms with Crippen LogP contribution < -0.4 is 0 Å². The number of aryl methyl sites for hydroxylation is 1. The predicted molar refractivity (Wildman–Crippen MR) is 96.7 cm³/mol. The van der Waals surface area contributed by atoms with Crippen LogP contribution in [0.1, 0.15) is 38.2 Å². The summed E-state index contributed by atoms with van der Waals surface area (Å²) >= 11 is 0. The number of ether oxygens (including phenoxy) is 1. The van der Waals surface area contributed by atoms with Gasteiger partial charge in [0, 0.05) is 5.20 Å². The lowest BCUT2D eigenvalue weighted by molar-refractivity contribution is -0.135. The zero-order valence-corrected chi connectivity index (χ0v) is 15.7. The Labute approximate surface area is 136 Å². The Balaban J connectivity index is 3.05. The standard InChI is InChI=1S/C19H30O2Si/c1-6-7-13-17(15-14-16-11-9-8-10-12-16)18(19(20)21-2)22(3,4)5/h8-12H,6-7,13-15H2,1-5H3. The lowest BCUT2D eigenvalue weighted by Crippen LogP contribution is -2.32. The van der Waals surface area contributed by atoms with E-state index in [1.165, 1.54) is 18.2 Å². The second-order valence-corrected chi connectivity index (χ2v) is 11.8. The van der Waals surface area contributed by atoms with Crippen LogP contribution in [0.4, 0.5) is 0 Å². The van der Waals surface area contributed by atoms with Crippen LogP contribution in [0, 0.1) is 0 Å². The summed E-state index contributed by atoms with van der Waals surface area (Å²) in [5, 5.41) is 0.999. The Morgan fingerprint density at radius 3 is 2.23 bits per heavy atom. The maximum absolute atomic E-state index is 12.3. The van der Waals surface area contributed by atoms with Gasteiger partial charge in [-0.3, -0.25) is 0 Å². The molecule has 0 bridgehead atoms. The monoisotopic (exact) mass is 318 g/mol. The van der Waals surface area contributed by atoms with Crippen molar-refractivity contribution in [2.24, 2.45) is 0 Å². The predicted octanol–water partition coefficient (Wildman–Crippen LogP) is 5.16. The maximum atomic E-state index is 12.3. The summed E-state index contributed by atoms with van der Waals surface area (Å²) in [6.07, 6.45) is 5.24. The van der Waals surface area contributed by atoms with Crippen LogP contribution in [-0.2, 0) is 16.0 Å². The van der Waals surface area contributed by atoms with E-state index in [1.807, 2.05) is 6.07 Å². The molecular weight excluding hydrogens is 288 g/mol. The van der Waals surface area contributed by atoms with Crippen LogP contribution >= 0.6 is 0 Å². The van der Waals surface area contributed by atoms with Crippen molar-refractivity contribution in [2.75, 3.05) is 7.11 Å². The fourth-order valence-corrected chi connectivity index (χ4v) is 4.81. The highest BCUT2D eigenvalue weighted by molar-refractivity contribution is 6.87. The van der Waals surface area contributed by atoms with E-state index >= 15 is 0 Å². The van der Waals surface area contributed by atoms with Crippen molar-refractivity contribution >= 4 is 14.0 Å². The average molecular weight is 319 g/mol. The molecule has 0 spiro atoms. The van der Waals surface area contributed by atoms with Crippen molar-refractivity contribution in [3.63, 3.8) is 0 Å². The van der Waals surface area contributed by atoms with E-state index in [4.69, 9.17) is 4.74 Å². The summed E-state index contributed by atoms with van der Waals surface area (Å²) < 4.78 is 5.09. The van der Waals surface area contributed by atoms with Crippen LogP contribution in [-0.4, -0.2) is 21.2 Å². The number of allylic oxidation sites excluding steroid dienone is 1. The zero-order valence-electron chi connectivity index (χ0n) is 14.7. The molecule has 1 aromatic rings. The van der Waals surface area contributed by atoms with Gasteiger partial charge in [0.2, 0.25) is 0 Å². The third-order valence-corrected chi connectivity index (χ3v) is 5.94.